The number of hydrogen-bond donors (Lipinski definition) is 0. The van der Waals surface area contributed by atoms with Crippen molar-refractivity contribution < 1.29 is 0 Å². The van der Waals surface area contributed by atoms with E-state index in [1.807, 2.05) is 0 Å². The number of rotatable bonds is 3. The fraction of sp³-hybridized carbons (Fsp3) is 0. The summed E-state index contributed by atoms with van der Waals surface area (Å²) < 4.78 is 0. The first-order valence-corrected chi connectivity index (χ1v) is 26.6. The standard InChI is InChI=1S/C44H55B27/c45-18-2(1-3(19(46)33(18)60)5-9-13(27(54)40(67)37(64)23(9)50)15-16(20(5)47)30(57)43(70)42(69)29(15)56)4-7-10(25(52)38(65)35(62)21(7)48)6(11-8(4)22(49)36(63)39(66)26(11)53)12-14-17(31(58)34(61)24(12)51)32(59)44(71)41(68)28(14)55/h1H,45-71H2. The SMILES string of the molecule is Bc1c(-c2c3c(B)c(B)c(B)c(B)c3c(-c3c(B)c(B)c(B)c4c(B)c(B)c(B)c(B)c34)c3c(B)c(B)c(B)c(B)c23)cc(-c2c(B)c3c(B)c(B)c(B)c(B)c3c3c(B)c(B)c(B)c(B)c23)c(B)c1B. The Morgan fingerprint density at radius 3 is 0.662 bits per heavy atom. The molecule has 0 aliphatic carbocycles. The van der Waals surface area contributed by atoms with Crippen LogP contribution in [0.3, 0.4) is 0 Å². The van der Waals surface area contributed by atoms with Crippen molar-refractivity contribution in [3.8, 4) is 33.4 Å². The fourth-order valence-electron chi connectivity index (χ4n) is 14.1. The first-order chi connectivity index (χ1) is 33.1. The fourth-order valence-corrected chi connectivity index (χ4v) is 14.1. The van der Waals surface area contributed by atoms with Gasteiger partial charge in [-0.15, -0.1) is 65.6 Å². The molecular formula is C44H55B27. The molecule has 0 aliphatic heterocycles. The van der Waals surface area contributed by atoms with Gasteiger partial charge in [0.25, 0.3) is 0 Å². The summed E-state index contributed by atoms with van der Waals surface area (Å²) in [4.78, 5) is 0. The van der Waals surface area contributed by atoms with Gasteiger partial charge in [-0.05, 0) is 93.3 Å². The van der Waals surface area contributed by atoms with Gasteiger partial charge in [0.1, 0.15) is 212 Å². The Morgan fingerprint density at radius 1 is 0.127 bits per heavy atom. The highest BCUT2D eigenvalue weighted by Gasteiger charge is 2.31. The van der Waals surface area contributed by atoms with Crippen LogP contribution in [-0.2, 0) is 0 Å². The Morgan fingerprint density at radius 2 is 0.324 bits per heavy atom. The Kier molecular flexibility index (Phi) is 12.9. The Bertz CT molecular complexity index is 3980. The smallest absolute Gasteiger partial charge is 0.101 e. The lowest BCUT2D eigenvalue weighted by atomic mass is 9.56. The molecule has 0 spiro atoms. The summed E-state index contributed by atoms with van der Waals surface area (Å²) in [6, 6.07) is 2.68. The molecule has 0 saturated heterocycles. The minimum atomic E-state index is 1.36. The maximum atomic E-state index is 2.68. The van der Waals surface area contributed by atoms with Gasteiger partial charge in [0.2, 0.25) is 0 Å². The van der Waals surface area contributed by atoms with E-state index in [1.165, 1.54) is 235 Å². The van der Waals surface area contributed by atoms with Gasteiger partial charge in [0, 0.05) is 0 Å². The van der Waals surface area contributed by atoms with Gasteiger partial charge in [-0.2, -0.15) is 0 Å². The van der Waals surface area contributed by atoms with Crippen molar-refractivity contribution in [3.05, 3.63) is 6.07 Å². The predicted octanol–water partition coefficient (Wildman–Crippen LogP) is -34.6. The molecule has 71 heavy (non-hydrogen) atoms. The summed E-state index contributed by atoms with van der Waals surface area (Å²) in [5.74, 6) is 0. The van der Waals surface area contributed by atoms with E-state index in [4.69, 9.17) is 0 Å². The molecule has 0 atom stereocenters. The van der Waals surface area contributed by atoms with E-state index >= 15 is 0 Å². The highest BCUT2D eigenvalue weighted by atomic mass is 14.3. The summed E-state index contributed by atoms with van der Waals surface area (Å²) in [7, 11) is 64.5. The summed E-state index contributed by atoms with van der Waals surface area (Å²) in [6.45, 7) is 0. The lowest BCUT2D eigenvalue weighted by molar-refractivity contribution is 1.78. The van der Waals surface area contributed by atoms with Crippen molar-refractivity contribution >= 4 is 413 Å². The Labute approximate surface area is 449 Å². The van der Waals surface area contributed by atoms with Gasteiger partial charge in [0.15, 0.2) is 0 Å². The van der Waals surface area contributed by atoms with Gasteiger partial charge in [-0.3, -0.25) is 0 Å². The number of hydrogen-bond acceptors (Lipinski definition) is 0. The normalized spacial score (nSPS) is 11.8. The van der Waals surface area contributed by atoms with E-state index < -0.39 is 0 Å². The van der Waals surface area contributed by atoms with Crippen LogP contribution < -0.4 is 147 Å². The highest BCUT2D eigenvalue weighted by molar-refractivity contribution is 6.78. The molecular weight excluding hydrogens is 820 g/mol. The van der Waals surface area contributed by atoms with Gasteiger partial charge in [-0.25, -0.2) is 0 Å². The minimum absolute atomic E-state index is 1.36. The molecule has 0 fully saturated rings. The van der Waals surface area contributed by atoms with E-state index in [2.05, 4.69) is 218 Å². The third-order valence-electron chi connectivity index (χ3n) is 20.8. The molecule has 0 heterocycles. The molecule has 0 aliphatic rings. The molecule has 9 rings (SSSR count). The van der Waals surface area contributed by atoms with E-state index in [9.17, 15) is 0 Å². The zero-order valence-corrected chi connectivity index (χ0v) is 49.1. The van der Waals surface area contributed by atoms with Gasteiger partial charge < -0.3 is 0 Å². The van der Waals surface area contributed by atoms with Crippen LogP contribution >= 0.6 is 0 Å². The molecule has 0 bridgehead atoms. The van der Waals surface area contributed by atoms with Crippen LogP contribution in [0, 0.1) is 0 Å². The van der Waals surface area contributed by atoms with Crippen LogP contribution in [0.5, 0.6) is 0 Å². The zero-order chi connectivity index (χ0) is 52.5. The van der Waals surface area contributed by atoms with E-state index in [1.54, 1.807) is 0 Å². The average Bonchev–Trinajstić information content (AvgIpc) is 3.34. The lowest BCUT2D eigenvalue weighted by Crippen LogP contribution is -2.53. The predicted molar refractivity (Wildman–Crippen MR) is 411 cm³/mol. The van der Waals surface area contributed by atoms with Crippen molar-refractivity contribution in [1.29, 1.82) is 0 Å². The molecule has 27 heteroatoms. The zero-order valence-electron chi connectivity index (χ0n) is 49.1. The lowest BCUT2D eigenvalue weighted by Gasteiger charge is -2.32. The Balaban J connectivity index is 1.63. The molecule has 9 aromatic rings. The van der Waals surface area contributed by atoms with Gasteiger partial charge in [0.05, 0.1) is 0 Å². The second kappa shape index (κ2) is 17.6. The maximum absolute atomic E-state index is 2.68. The molecule has 0 nitrogen and oxygen atoms in total. The molecule has 0 amide bonds. The summed E-state index contributed by atoms with van der Waals surface area (Å²) >= 11 is 0. The first kappa shape index (κ1) is 51.9. The van der Waals surface area contributed by atoms with Crippen molar-refractivity contribution in [3.63, 3.8) is 0 Å². The third-order valence-corrected chi connectivity index (χ3v) is 20.8. The number of benzene rings is 9. The van der Waals surface area contributed by atoms with E-state index in [0.29, 0.717) is 0 Å². The molecule has 0 unspecified atom stereocenters. The van der Waals surface area contributed by atoms with Crippen molar-refractivity contribution in [2.45, 2.75) is 0 Å². The van der Waals surface area contributed by atoms with Crippen LogP contribution in [0.1, 0.15) is 0 Å². The van der Waals surface area contributed by atoms with Gasteiger partial charge in [-0.1, -0.05) is 81.9 Å². The van der Waals surface area contributed by atoms with Crippen molar-refractivity contribution in [1.82, 2.24) is 0 Å². The van der Waals surface area contributed by atoms with Crippen LogP contribution in [0.2, 0.25) is 0 Å². The molecule has 0 saturated carbocycles. The topological polar surface area (TPSA) is 0 Å². The summed E-state index contributed by atoms with van der Waals surface area (Å²) in [5.41, 5.74) is 46.2. The van der Waals surface area contributed by atoms with E-state index in [-0.39, 0.29) is 0 Å². The second-order valence-electron chi connectivity index (χ2n) is 23.1. The maximum Gasteiger partial charge on any atom is 0.140 e. The molecule has 312 valence electrons. The monoisotopic (exact) mass is 881 g/mol. The molecule has 0 aromatic heterocycles. The van der Waals surface area contributed by atoms with Crippen LogP contribution in [0.15, 0.2) is 6.07 Å². The van der Waals surface area contributed by atoms with Crippen molar-refractivity contribution in [2.75, 3.05) is 0 Å². The summed E-state index contributed by atoms with van der Waals surface area (Å²) in [5, 5.41) is 14.3. The average molecular weight is 876 g/mol. The largest absolute Gasteiger partial charge is 0.140 e. The third kappa shape index (κ3) is 6.77. The highest BCUT2D eigenvalue weighted by Crippen LogP contribution is 2.42. The van der Waals surface area contributed by atoms with Crippen LogP contribution in [-0.4, -0.2) is 212 Å². The molecule has 9 aromatic carbocycles. The van der Waals surface area contributed by atoms with Crippen LogP contribution in [0.4, 0.5) is 0 Å². The molecule has 0 radical (unpaired) electrons. The van der Waals surface area contributed by atoms with Crippen molar-refractivity contribution in [2.24, 2.45) is 0 Å². The van der Waals surface area contributed by atoms with Crippen LogP contribution in [0.25, 0.3) is 87.2 Å². The quantitative estimate of drug-likeness (QED) is 0.0942. The summed E-state index contributed by atoms with van der Waals surface area (Å²) in [6.07, 6.45) is 0. The second-order valence-corrected chi connectivity index (χ2v) is 23.1. The molecule has 0 N–H and O–H groups in total. The number of fused-ring (bicyclic) bond motifs is 6. The van der Waals surface area contributed by atoms with E-state index in [0.717, 1.165) is 0 Å². The Hall–Kier alpha value is -3.97. The first-order valence-electron chi connectivity index (χ1n) is 26.6. The minimum Gasteiger partial charge on any atom is -0.101 e. The van der Waals surface area contributed by atoms with Gasteiger partial charge >= 0.3 is 0 Å².